The van der Waals surface area contributed by atoms with Crippen LogP contribution in [0.5, 0.6) is 17.2 Å². The number of halogens is 1. The van der Waals surface area contributed by atoms with Crippen LogP contribution in [0.3, 0.4) is 0 Å². The number of amides is 1. The second kappa shape index (κ2) is 13.1. The number of rotatable bonds is 9. The number of methoxy groups -OCH3 is 2. The van der Waals surface area contributed by atoms with Gasteiger partial charge in [-0.1, -0.05) is 48.5 Å². The van der Waals surface area contributed by atoms with E-state index in [0.717, 1.165) is 28.1 Å². The van der Waals surface area contributed by atoms with Crippen LogP contribution in [0.2, 0.25) is 0 Å². The molecule has 8 heteroatoms. The van der Waals surface area contributed by atoms with Crippen molar-refractivity contribution < 1.29 is 19.0 Å². The van der Waals surface area contributed by atoms with Crippen LogP contribution in [-0.4, -0.2) is 30.2 Å². The molecule has 1 saturated heterocycles. The third-order valence-electron chi connectivity index (χ3n) is 6.16. The molecule has 6 nitrogen and oxygen atoms in total. The summed E-state index contributed by atoms with van der Waals surface area (Å²) in [5.74, 6) is 1.91. The van der Waals surface area contributed by atoms with Gasteiger partial charge in [-0.05, 0) is 106 Å². The first-order valence-electron chi connectivity index (χ1n) is 12.6. The Kier molecular flexibility index (Phi) is 9.08. The Balaban J connectivity index is 1.39. The number of carbonyl (C=O) groups excluding carboxylic acids is 1. The average Bonchev–Trinajstić information content (AvgIpc) is 3.26. The second-order valence-corrected chi connectivity index (χ2v) is 11.2. The van der Waals surface area contributed by atoms with Gasteiger partial charge in [0.25, 0.3) is 5.91 Å². The van der Waals surface area contributed by atoms with Gasteiger partial charge in [0.05, 0.1) is 31.4 Å². The molecule has 0 spiro atoms. The van der Waals surface area contributed by atoms with Crippen LogP contribution >= 0.6 is 34.4 Å². The first kappa shape index (κ1) is 27.8. The highest BCUT2D eigenvalue weighted by Gasteiger charge is 2.33. The number of carbonyl (C=O) groups is 1. The topological polar surface area (TPSA) is 60.4 Å². The Bertz CT molecular complexity index is 1540. The minimum absolute atomic E-state index is 0.103. The molecule has 40 heavy (non-hydrogen) atoms. The number of nitrogens with zero attached hydrogens (tertiary/aromatic N) is 2. The number of amidine groups is 1. The normalized spacial score (nSPS) is 15.1. The fraction of sp³-hybridized carbons (Fsp3) is 0.125. The molecule has 1 aliphatic rings. The Morgan fingerprint density at radius 3 is 2.27 bits per heavy atom. The highest BCUT2D eigenvalue weighted by atomic mass is 127. The maximum absolute atomic E-state index is 13.6. The van der Waals surface area contributed by atoms with Crippen molar-refractivity contribution in [3.8, 4) is 17.2 Å². The maximum Gasteiger partial charge on any atom is 0.267 e. The van der Waals surface area contributed by atoms with Gasteiger partial charge in [0, 0.05) is 3.57 Å². The van der Waals surface area contributed by atoms with E-state index >= 15 is 0 Å². The van der Waals surface area contributed by atoms with Crippen LogP contribution in [0.15, 0.2) is 107 Å². The van der Waals surface area contributed by atoms with E-state index in [4.69, 9.17) is 19.2 Å². The molecule has 0 bridgehead atoms. The minimum Gasteiger partial charge on any atom is -0.497 e. The molecule has 4 aromatic rings. The summed E-state index contributed by atoms with van der Waals surface area (Å²) in [6.45, 7) is 0.829. The summed E-state index contributed by atoms with van der Waals surface area (Å²) in [5, 5.41) is 0.628. The van der Waals surface area contributed by atoms with Crippen molar-refractivity contribution in [2.24, 2.45) is 4.99 Å². The van der Waals surface area contributed by atoms with Crippen LogP contribution in [0, 0.1) is 3.57 Å². The first-order chi connectivity index (χ1) is 19.5. The molecule has 1 amide bonds. The molecule has 0 aromatic heterocycles. The molecular weight excluding hydrogens is 635 g/mol. The molecule has 5 rings (SSSR count). The fourth-order valence-electron chi connectivity index (χ4n) is 4.04. The summed E-state index contributed by atoms with van der Waals surface area (Å²) in [4.78, 5) is 20.7. The lowest BCUT2D eigenvalue weighted by molar-refractivity contribution is -0.122. The average molecular weight is 663 g/mol. The fourth-order valence-corrected chi connectivity index (χ4v) is 5.40. The van der Waals surface area contributed by atoms with Crippen molar-refractivity contribution in [3.05, 3.63) is 122 Å². The molecule has 4 aromatic carbocycles. The lowest BCUT2D eigenvalue weighted by atomic mass is 10.1. The zero-order valence-electron chi connectivity index (χ0n) is 22.0. The molecular formula is C32H27IN2O4S. The summed E-state index contributed by atoms with van der Waals surface area (Å²) < 4.78 is 18.1. The zero-order chi connectivity index (χ0) is 27.9. The molecule has 1 fully saturated rings. The number of ether oxygens (including phenoxy) is 3. The Morgan fingerprint density at radius 1 is 0.850 bits per heavy atom. The minimum atomic E-state index is -0.103. The molecule has 0 N–H and O–H groups in total. The standard InChI is InChI=1S/C32H27IN2O4S/c1-37-27-15-10-22(11-16-27)20-35-31(36)30(40-32(35)34-26-6-4-3-5-7-26)19-24-12-17-28(29(18-24)38-2)39-21-23-8-13-25(33)14-9-23/h3-19H,20-21H2,1-2H3/b30-19-,34-32?. The van der Waals surface area contributed by atoms with Crippen LogP contribution < -0.4 is 14.2 Å². The van der Waals surface area contributed by atoms with E-state index in [1.54, 1.807) is 19.1 Å². The molecule has 202 valence electrons. The van der Waals surface area contributed by atoms with E-state index in [9.17, 15) is 4.79 Å². The molecule has 1 heterocycles. The van der Waals surface area contributed by atoms with Gasteiger partial charge < -0.3 is 14.2 Å². The van der Waals surface area contributed by atoms with E-state index < -0.39 is 0 Å². The van der Waals surface area contributed by atoms with E-state index in [0.29, 0.717) is 34.7 Å². The zero-order valence-corrected chi connectivity index (χ0v) is 25.0. The lowest BCUT2D eigenvalue weighted by Crippen LogP contribution is -2.28. The Hall–Kier alpha value is -3.76. The summed E-state index contributed by atoms with van der Waals surface area (Å²) >= 11 is 3.64. The molecule has 0 aliphatic carbocycles. The lowest BCUT2D eigenvalue weighted by Gasteiger charge is -2.16. The van der Waals surface area contributed by atoms with Gasteiger partial charge in [0.1, 0.15) is 12.4 Å². The molecule has 0 unspecified atom stereocenters. The van der Waals surface area contributed by atoms with Crippen molar-refractivity contribution >= 4 is 57.2 Å². The molecule has 0 atom stereocenters. The van der Waals surface area contributed by atoms with E-state index in [2.05, 4.69) is 34.7 Å². The van der Waals surface area contributed by atoms with Gasteiger partial charge in [-0.3, -0.25) is 9.69 Å². The number of benzene rings is 4. The smallest absolute Gasteiger partial charge is 0.267 e. The Morgan fingerprint density at radius 2 is 1.57 bits per heavy atom. The predicted octanol–water partition coefficient (Wildman–Crippen LogP) is 7.69. The van der Waals surface area contributed by atoms with Crippen LogP contribution in [-0.2, 0) is 17.9 Å². The van der Waals surface area contributed by atoms with Crippen LogP contribution in [0.4, 0.5) is 5.69 Å². The van der Waals surface area contributed by atoms with Crippen LogP contribution in [0.1, 0.15) is 16.7 Å². The number of aliphatic imine (C=N–C) groups is 1. The van der Waals surface area contributed by atoms with Crippen molar-refractivity contribution in [3.63, 3.8) is 0 Å². The molecule has 0 radical (unpaired) electrons. The van der Waals surface area contributed by atoms with Gasteiger partial charge in [-0.2, -0.15) is 0 Å². The van der Waals surface area contributed by atoms with Crippen molar-refractivity contribution in [2.45, 2.75) is 13.2 Å². The van der Waals surface area contributed by atoms with E-state index in [1.165, 1.54) is 15.3 Å². The Labute approximate surface area is 251 Å². The number of hydrogen-bond acceptors (Lipinski definition) is 6. The highest BCUT2D eigenvalue weighted by Crippen LogP contribution is 2.37. The SMILES string of the molecule is COc1ccc(CN2C(=O)/C(=C/c3ccc(OCc4ccc(I)cc4)c(OC)c3)SC2=Nc2ccccc2)cc1. The third kappa shape index (κ3) is 6.86. The summed E-state index contributed by atoms with van der Waals surface area (Å²) in [5.41, 5.74) is 3.67. The monoisotopic (exact) mass is 662 g/mol. The van der Waals surface area contributed by atoms with Crippen LogP contribution in [0.25, 0.3) is 6.08 Å². The number of hydrogen-bond donors (Lipinski definition) is 0. The van der Waals surface area contributed by atoms with E-state index in [-0.39, 0.29) is 5.91 Å². The largest absolute Gasteiger partial charge is 0.497 e. The maximum atomic E-state index is 13.6. The van der Waals surface area contributed by atoms with Gasteiger partial charge in [0.15, 0.2) is 16.7 Å². The third-order valence-corrected chi connectivity index (χ3v) is 7.89. The number of thioether (sulfide) groups is 1. The predicted molar refractivity (Wildman–Crippen MR) is 169 cm³/mol. The summed E-state index contributed by atoms with van der Waals surface area (Å²) in [6, 6.07) is 31.2. The summed E-state index contributed by atoms with van der Waals surface area (Å²) in [7, 11) is 3.25. The molecule has 0 saturated carbocycles. The molecule has 1 aliphatic heterocycles. The van der Waals surface area contributed by atoms with Crippen molar-refractivity contribution in [1.29, 1.82) is 0 Å². The highest BCUT2D eigenvalue weighted by molar-refractivity contribution is 14.1. The van der Waals surface area contributed by atoms with E-state index in [1.807, 2.05) is 91.0 Å². The summed E-state index contributed by atoms with van der Waals surface area (Å²) in [6.07, 6.45) is 1.87. The van der Waals surface area contributed by atoms with Gasteiger partial charge in [-0.15, -0.1) is 0 Å². The quantitative estimate of drug-likeness (QED) is 0.136. The van der Waals surface area contributed by atoms with Crippen molar-refractivity contribution in [1.82, 2.24) is 4.90 Å². The second-order valence-electron chi connectivity index (χ2n) is 8.91. The van der Waals surface area contributed by atoms with Gasteiger partial charge >= 0.3 is 0 Å². The first-order valence-corrected chi connectivity index (χ1v) is 14.5. The van der Waals surface area contributed by atoms with Crippen molar-refractivity contribution in [2.75, 3.05) is 14.2 Å². The van der Waals surface area contributed by atoms with Gasteiger partial charge in [-0.25, -0.2) is 4.99 Å². The van der Waals surface area contributed by atoms with Gasteiger partial charge in [0.2, 0.25) is 0 Å². The number of para-hydroxylation sites is 1.